The number of nitrogens with zero attached hydrogens (tertiary/aromatic N) is 2. The third-order valence-electron chi connectivity index (χ3n) is 4.28. The highest BCUT2D eigenvalue weighted by Gasteiger charge is 2.13. The van der Waals surface area contributed by atoms with Gasteiger partial charge in [-0.1, -0.05) is 46.9 Å². The number of nitrogens with one attached hydrogen (secondary N) is 1. The lowest BCUT2D eigenvalue weighted by molar-refractivity contribution is 0.0992. The van der Waals surface area contributed by atoms with Crippen LogP contribution in [-0.2, 0) is 13.2 Å². The molecule has 0 aliphatic carbocycles. The smallest absolute Gasteiger partial charge is 0.291 e. The summed E-state index contributed by atoms with van der Waals surface area (Å²) in [5.41, 5.74) is 1.61. The number of aromatic nitrogens is 2. The van der Waals surface area contributed by atoms with Crippen LogP contribution in [0.15, 0.2) is 71.4 Å². The van der Waals surface area contributed by atoms with Crippen LogP contribution in [0.2, 0.25) is 15.1 Å². The fraction of sp³-hybridized carbons (Fsp3) is 0.0909. The number of hydrogen-bond donors (Lipinski definition) is 1. The van der Waals surface area contributed by atoms with Gasteiger partial charge in [0.05, 0.1) is 22.8 Å². The standard InChI is InChI=1S/C22H16Cl3N3O3/c23-15-4-6-20(19(25)9-15)30-13-18-5-7-21(31-18)22(29)27-17-3-1-2-14(8-17)11-28-12-16(24)10-26-28/h1-10,12H,11,13H2,(H,27,29). The van der Waals surface area contributed by atoms with Crippen LogP contribution in [0, 0.1) is 0 Å². The average Bonchev–Trinajstić information content (AvgIpc) is 3.37. The highest BCUT2D eigenvalue weighted by atomic mass is 35.5. The van der Waals surface area contributed by atoms with Gasteiger partial charge in [0, 0.05) is 16.9 Å². The van der Waals surface area contributed by atoms with Crippen molar-refractivity contribution in [2.45, 2.75) is 13.2 Å². The van der Waals surface area contributed by atoms with Gasteiger partial charge >= 0.3 is 0 Å². The molecule has 9 heteroatoms. The molecule has 0 aliphatic rings. The molecule has 1 amide bonds. The van der Waals surface area contributed by atoms with E-state index in [4.69, 9.17) is 44.0 Å². The molecule has 0 unspecified atom stereocenters. The molecule has 2 aromatic carbocycles. The van der Waals surface area contributed by atoms with Crippen molar-refractivity contribution in [3.63, 3.8) is 0 Å². The second kappa shape index (κ2) is 9.47. The Morgan fingerprint density at radius 3 is 2.71 bits per heavy atom. The summed E-state index contributed by atoms with van der Waals surface area (Å²) in [5.74, 6) is 0.768. The quantitative estimate of drug-likeness (QED) is 0.339. The second-order valence-corrected chi connectivity index (χ2v) is 7.92. The first kappa shape index (κ1) is 21.3. The maximum absolute atomic E-state index is 12.5. The molecule has 0 spiro atoms. The summed E-state index contributed by atoms with van der Waals surface area (Å²) in [6, 6.07) is 15.7. The number of amides is 1. The van der Waals surface area contributed by atoms with E-state index in [0.29, 0.717) is 38.8 Å². The SMILES string of the molecule is O=C(Nc1cccc(Cn2cc(Cl)cn2)c1)c1ccc(COc2ccc(Cl)cc2Cl)o1. The number of furan rings is 1. The summed E-state index contributed by atoms with van der Waals surface area (Å²) in [4.78, 5) is 12.5. The normalized spacial score (nSPS) is 10.8. The van der Waals surface area contributed by atoms with Gasteiger partial charge in [-0.3, -0.25) is 9.48 Å². The zero-order valence-electron chi connectivity index (χ0n) is 16.0. The minimum Gasteiger partial charge on any atom is -0.484 e. The van der Waals surface area contributed by atoms with Gasteiger partial charge in [-0.05, 0) is 48.0 Å². The first-order valence-electron chi connectivity index (χ1n) is 9.21. The number of hydrogen-bond acceptors (Lipinski definition) is 4. The Kier molecular flexibility index (Phi) is 6.51. The molecule has 31 heavy (non-hydrogen) atoms. The van der Waals surface area contributed by atoms with Crippen LogP contribution in [0.1, 0.15) is 21.9 Å². The molecule has 0 bridgehead atoms. The van der Waals surface area contributed by atoms with E-state index in [-0.39, 0.29) is 18.3 Å². The zero-order valence-corrected chi connectivity index (χ0v) is 18.3. The van der Waals surface area contributed by atoms with Crippen molar-refractivity contribution in [2.24, 2.45) is 0 Å². The van der Waals surface area contributed by atoms with E-state index in [1.807, 2.05) is 18.2 Å². The number of carbonyl (C=O) groups excluding carboxylic acids is 1. The van der Waals surface area contributed by atoms with Crippen LogP contribution in [0.5, 0.6) is 5.75 Å². The predicted molar refractivity (Wildman–Crippen MR) is 120 cm³/mol. The third-order valence-corrected chi connectivity index (χ3v) is 5.01. The van der Waals surface area contributed by atoms with Crippen LogP contribution in [0.3, 0.4) is 0 Å². The molecule has 0 saturated heterocycles. The summed E-state index contributed by atoms with van der Waals surface area (Å²) in [6.45, 7) is 0.655. The Morgan fingerprint density at radius 1 is 1.06 bits per heavy atom. The first-order chi connectivity index (χ1) is 15.0. The summed E-state index contributed by atoms with van der Waals surface area (Å²) >= 11 is 17.9. The molecule has 4 rings (SSSR count). The summed E-state index contributed by atoms with van der Waals surface area (Å²) in [5, 5.41) is 8.47. The molecule has 2 heterocycles. The topological polar surface area (TPSA) is 69.3 Å². The number of carbonyl (C=O) groups is 1. The average molecular weight is 477 g/mol. The van der Waals surface area contributed by atoms with Gasteiger partial charge in [0.1, 0.15) is 18.1 Å². The van der Waals surface area contributed by atoms with Gasteiger partial charge < -0.3 is 14.5 Å². The number of rotatable bonds is 7. The van der Waals surface area contributed by atoms with Gasteiger partial charge in [0.2, 0.25) is 0 Å². The van der Waals surface area contributed by atoms with Crippen LogP contribution in [0.25, 0.3) is 0 Å². The van der Waals surface area contributed by atoms with Gasteiger partial charge in [-0.15, -0.1) is 0 Å². The maximum atomic E-state index is 12.5. The minimum atomic E-state index is -0.366. The van der Waals surface area contributed by atoms with Gasteiger partial charge in [-0.2, -0.15) is 5.10 Å². The number of ether oxygens (including phenoxy) is 1. The number of halogens is 3. The van der Waals surface area contributed by atoms with Crippen LogP contribution in [-0.4, -0.2) is 15.7 Å². The van der Waals surface area contributed by atoms with E-state index >= 15 is 0 Å². The van der Waals surface area contributed by atoms with Crippen LogP contribution >= 0.6 is 34.8 Å². The van der Waals surface area contributed by atoms with Crippen molar-refractivity contribution < 1.29 is 13.9 Å². The van der Waals surface area contributed by atoms with E-state index in [2.05, 4.69) is 10.4 Å². The van der Waals surface area contributed by atoms with E-state index < -0.39 is 0 Å². The van der Waals surface area contributed by atoms with Crippen molar-refractivity contribution in [3.05, 3.63) is 99.1 Å². The molecule has 4 aromatic rings. The monoisotopic (exact) mass is 475 g/mol. The lowest BCUT2D eigenvalue weighted by Crippen LogP contribution is -2.11. The van der Waals surface area contributed by atoms with Crippen molar-refractivity contribution in [2.75, 3.05) is 5.32 Å². The maximum Gasteiger partial charge on any atom is 0.291 e. The van der Waals surface area contributed by atoms with Crippen molar-refractivity contribution in [1.82, 2.24) is 9.78 Å². The van der Waals surface area contributed by atoms with Crippen LogP contribution in [0.4, 0.5) is 5.69 Å². The van der Waals surface area contributed by atoms with E-state index in [9.17, 15) is 4.79 Å². The van der Waals surface area contributed by atoms with E-state index in [0.717, 1.165) is 5.56 Å². The molecule has 1 N–H and O–H groups in total. The molecule has 0 aliphatic heterocycles. The molecule has 0 saturated carbocycles. The highest BCUT2D eigenvalue weighted by molar-refractivity contribution is 6.35. The lowest BCUT2D eigenvalue weighted by atomic mass is 10.2. The third kappa shape index (κ3) is 5.61. The number of benzene rings is 2. The Morgan fingerprint density at radius 2 is 1.94 bits per heavy atom. The summed E-state index contributed by atoms with van der Waals surface area (Å²) < 4.78 is 12.9. The highest BCUT2D eigenvalue weighted by Crippen LogP contribution is 2.28. The fourth-order valence-corrected chi connectivity index (χ4v) is 3.49. The molecule has 6 nitrogen and oxygen atoms in total. The van der Waals surface area contributed by atoms with Gasteiger partial charge in [-0.25, -0.2) is 0 Å². The number of anilines is 1. The van der Waals surface area contributed by atoms with Crippen molar-refractivity contribution in [1.29, 1.82) is 0 Å². The summed E-state index contributed by atoms with van der Waals surface area (Å²) in [7, 11) is 0. The fourth-order valence-electron chi connectivity index (χ4n) is 2.87. The zero-order chi connectivity index (χ0) is 21.8. The Bertz CT molecular complexity index is 1220. The summed E-state index contributed by atoms with van der Waals surface area (Å²) in [6.07, 6.45) is 3.31. The Hall–Kier alpha value is -2.93. The molecule has 0 atom stereocenters. The lowest BCUT2D eigenvalue weighted by Gasteiger charge is -2.07. The Labute approximate surface area is 193 Å². The minimum absolute atomic E-state index is 0.122. The van der Waals surface area contributed by atoms with Gasteiger partial charge in [0.15, 0.2) is 5.76 Å². The first-order valence-corrected chi connectivity index (χ1v) is 10.3. The molecule has 0 fully saturated rings. The van der Waals surface area contributed by atoms with Gasteiger partial charge in [0.25, 0.3) is 5.91 Å². The molecular formula is C22H16Cl3N3O3. The molecule has 0 radical (unpaired) electrons. The van der Waals surface area contributed by atoms with Crippen LogP contribution < -0.4 is 10.1 Å². The Balaban J connectivity index is 1.37. The van der Waals surface area contributed by atoms with Crippen molar-refractivity contribution in [3.8, 4) is 5.75 Å². The van der Waals surface area contributed by atoms with E-state index in [1.54, 1.807) is 53.5 Å². The van der Waals surface area contributed by atoms with E-state index in [1.165, 1.54) is 0 Å². The van der Waals surface area contributed by atoms with Crippen molar-refractivity contribution >= 4 is 46.4 Å². The molecular weight excluding hydrogens is 461 g/mol. The molecule has 2 aromatic heterocycles. The largest absolute Gasteiger partial charge is 0.484 e. The molecule has 158 valence electrons. The predicted octanol–water partition coefficient (Wildman–Crippen LogP) is 6.32. The second-order valence-electron chi connectivity index (χ2n) is 6.64.